The van der Waals surface area contributed by atoms with Gasteiger partial charge in [-0.1, -0.05) is 6.08 Å². The van der Waals surface area contributed by atoms with Crippen LogP contribution in [0.2, 0.25) is 0 Å². The van der Waals surface area contributed by atoms with Gasteiger partial charge in [-0.2, -0.15) is 0 Å². The summed E-state index contributed by atoms with van der Waals surface area (Å²) in [5.41, 5.74) is 0. The van der Waals surface area contributed by atoms with Crippen LogP contribution in [0, 0.1) is 5.41 Å². The minimum absolute atomic E-state index is 0.556. The van der Waals surface area contributed by atoms with Gasteiger partial charge in [-0.3, -0.25) is 0 Å². The number of allylic oxidation sites excluding steroid dienone is 1. The lowest BCUT2D eigenvalue weighted by atomic mass is 10.8. The predicted molar refractivity (Wildman–Crippen MR) is 29.3 cm³/mol. The Kier molecular flexibility index (Phi) is 25.0. The number of halogens is 1. The van der Waals surface area contributed by atoms with Crippen LogP contribution >= 0.6 is 11.6 Å². The second-order valence-corrected chi connectivity index (χ2v) is 0.854. The molecule has 1 N–H and O–H groups in total. The van der Waals surface area contributed by atoms with Crippen LogP contribution in [0.1, 0.15) is 0 Å². The topological polar surface area (TPSA) is 40.9 Å². The summed E-state index contributed by atoms with van der Waals surface area (Å²) in [5.74, 6) is 0.556. The molecule has 0 bridgehead atoms. The van der Waals surface area contributed by atoms with Crippen molar-refractivity contribution < 1.29 is 4.79 Å². The van der Waals surface area contributed by atoms with Gasteiger partial charge in [-0.05, 0) is 0 Å². The van der Waals surface area contributed by atoms with E-state index in [9.17, 15) is 0 Å². The molecular formula is C4H6ClNO. The lowest BCUT2D eigenvalue weighted by Crippen LogP contribution is -1.45. The summed E-state index contributed by atoms with van der Waals surface area (Å²) < 4.78 is 0. The molecule has 0 rings (SSSR count). The fourth-order valence-electron chi connectivity index (χ4n) is 0. The zero-order valence-electron chi connectivity index (χ0n) is 3.78. The number of hydrogen-bond donors (Lipinski definition) is 1. The van der Waals surface area contributed by atoms with Crippen molar-refractivity contribution in [2.75, 3.05) is 5.88 Å². The average molecular weight is 120 g/mol. The average Bonchev–Trinajstić information content (AvgIpc) is 1.69. The Hall–Kier alpha value is -0.590. The van der Waals surface area contributed by atoms with Crippen LogP contribution in [0.5, 0.6) is 0 Å². The summed E-state index contributed by atoms with van der Waals surface area (Å²) in [6, 6.07) is 0. The zero-order chi connectivity index (χ0) is 6.12. The molecule has 0 spiro atoms. The maximum absolute atomic E-state index is 8.35. The standard InChI is InChI=1S/C3H5Cl.CHNO/c1-2-3-4;2-1-3/h2H,1,3H2;2H. The first kappa shape index (κ1) is 9.65. The van der Waals surface area contributed by atoms with Gasteiger partial charge in [-0.25, -0.2) is 10.2 Å². The van der Waals surface area contributed by atoms with Crippen LogP contribution in [0.4, 0.5) is 0 Å². The lowest BCUT2D eigenvalue weighted by molar-refractivity contribution is 0.563. The Morgan fingerprint density at radius 3 is 2.14 bits per heavy atom. The molecule has 0 atom stereocenters. The Morgan fingerprint density at radius 1 is 2.00 bits per heavy atom. The first-order chi connectivity index (χ1) is 3.33. The highest BCUT2D eigenvalue weighted by molar-refractivity contribution is 6.18. The van der Waals surface area contributed by atoms with E-state index >= 15 is 0 Å². The molecule has 0 fully saturated rings. The minimum atomic E-state index is 0.556. The summed E-state index contributed by atoms with van der Waals surface area (Å²) in [4.78, 5) is 8.35. The van der Waals surface area contributed by atoms with Crippen molar-refractivity contribution in [2.24, 2.45) is 0 Å². The van der Waals surface area contributed by atoms with Crippen LogP contribution in [-0.2, 0) is 4.79 Å². The third-order valence-corrected chi connectivity index (χ3v) is 0.327. The van der Waals surface area contributed by atoms with Gasteiger partial charge >= 0.3 is 0 Å². The molecule has 0 aromatic carbocycles. The van der Waals surface area contributed by atoms with E-state index in [0.717, 1.165) is 6.08 Å². The van der Waals surface area contributed by atoms with Crippen LogP contribution in [0.15, 0.2) is 12.7 Å². The van der Waals surface area contributed by atoms with E-state index in [1.807, 2.05) is 0 Å². The van der Waals surface area contributed by atoms with Crippen molar-refractivity contribution >= 4 is 17.7 Å². The molecule has 0 aromatic rings. The van der Waals surface area contributed by atoms with Gasteiger partial charge in [0.15, 0.2) is 0 Å². The number of alkyl halides is 1. The second kappa shape index (κ2) is 18.1. The smallest absolute Gasteiger partial charge is 0.222 e. The quantitative estimate of drug-likeness (QED) is 0.241. The molecule has 0 aromatic heterocycles. The maximum atomic E-state index is 8.35. The van der Waals surface area contributed by atoms with Gasteiger partial charge < -0.3 is 0 Å². The monoisotopic (exact) mass is 119 g/mol. The lowest BCUT2D eigenvalue weighted by Gasteiger charge is -1.55. The summed E-state index contributed by atoms with van der Waals surface area (Å²) in [5, 5.41) is 5.40. The highest BCUT2D eigenvalue weighted by Crippen LogP contribution is 1.67. The van der Waals surface area contributed by atoms with Gasteiger partial charge in [0, 0.05) is 5.88 Å². The van der Waals surface area contributed by atoms with Crippen LogP contribution in [0.25, 0.3) is 0 Å². The highest BCUT2D eigenvalue weighted by Gasteiger charge is 1.48. The normalized spacial score (nSPS) is 4.71. The molecular weight excluding hydrogens is 114 g/mol. The van der Waals surface area contributed by atoms with E-state index in [-0.39, 0.29) is 0 Å². The van der Waals surface area contributed by atoms with Crippen LogP contribution in [-0.4, -0.2) is 12.0 Å². The number of rotatable bonds is 1. The number of nitrogens with one attached hydrogen (secondary N) is 1. The molecule has 0 aliphatic rings. The van der Waals surface area contributed by atoms with Gasteiger partial charge in [-0.15, -0.1) is 18.2 Å². The van der Waals surface area contributed by atoms with E-state index in [0.29, 0.717) is 5.88 Å². The van der Waals surface area contributed by atoms with E-state index in [4.69, 9.17) is 21.8 Å². The summed E-state index contributed by atoms with van der Waals surface area (Å²) in [6.07, 6.45) is 2.39. The molecule has 2 nitrogen and oxygen atoms in total. The van der Waals surface area contributed by atoms with Crippen molar-refractivity contribution in [3.8, 4) is 0 Å². The van der Waals surface area contributed by atoms with Crippen molar-refractivity contribution in [1.29, 1.82) is 5.41 Å². The second-order valence-electron chi connectivity index (χ2n) is 0.545. The Labute approximate surface area is 47.3 Å². The summed E-state index contributed by atoms with van der Waals surface area (Å²) in [7, 11) is 0. The SMILES string of the molecule is C=CCCl.N=C=O. The number of hydrogen-bond acceptors (Lipinski definition) is 2. The molecule has 0 aliphatic carbocycles. The molecule has 0 heterocycles. The van der Waals surface area contributed by atoms with E-state index in [2.05, 4.69) is 6.58 Å². The van der Waals surface area contributed by atoms with Crippen molar-refractivity contribution in [3.05, 3.63) is 12.7 Å². The fraction of sp³-hybridized carbons (Fsp3) is 0.250. The molecule has 0 unspecified atom stereocenters. The van der Waals surface area contributed by atoms with Gasteiger partial charge in [0.25, 0.3) is 0 Å². The van der Waals surface area contributed by atoms with E-state index in [1.165, 1.54) is 0 Å². The third-order valence-electron chi connectivity index (χ3n) is 0.109. The number of carbonyl (C=O) groups excluding carboxylic acids is 1. The fourth-order valence-corrected chi connectivity index (χ4v) is 0. The minimum Gasteiger partial charge on any atom is -0.222 e. The first-order valence-corrected chi connectivity index (χ1v) is 2.07. The van der Waals surface area contributed by atoms with E-state index < -0.39 is 0 Å². The predicted octanol–water partition coefficient (Wildman–Crippen LogP) is 1.31. The van der Waals surface area contributed by atoms with E-state index in [1.54, 1.807) is 6.08 Å². The van der Waals surface area contributed by atoms with Crippen molar-refractivity contribution in [2.45, 2.75) is 0 Å². The molecule has 0 saturated carbocycles. The highest BCUT2D eigenvalue weighted by atomic mass is 35.5. The van der Waals surface area contributed by atoms with Crippen LogP contribution in [0.3, 0.4) is 0 Å². The molecule has 0 radical (unpaired) electrons. The maximum Gasteiger partial charge on any atom is 0.231 e. The third kappa shape index (κ3) is 374. The first-order valence-electron chi connectivity index (χ1n) is 1.54. The van der Waals surface area contributed by atoms with Crippen molar-refractivity contribution in [1.82, 2.24) is 0 Å². The molecule has 3 heteroatoms. The molecule has 0 aliphatic heterocycles. The largest absolute Gasteiger partial charge is 0.231 e. The molecule has 0 saturated heterocycles. The molecule has 7 heavy (non-hydrogen) atoms. The van der Waals surface area contributed by atoms with Crippen LogP contribution < -0.4 is 0 Å². The Balaban J connectivity index is 0. The molecule has 40 valence electrons. The number of isocyanates is 1. The molecule has 0 amide bonds. The Bertz CT molecular complexity index is 66.1. The Morgan fingerprint density at radius 2 is 2.14 bits per heavy atom. The van der Waals surface area contributed by atoms with Gasteiger partial charge in [0.2, 0.25) is 6.08 Å². The summed E-state index contributed by atoms with van der Waals surface area (Å²) in [6.45, 7) is 3.35. The zero-order valence-corrected chi connectivity index (χ0v) is 4.53. The summed E-state index contributed by atoms with van der Waals surface area (Å²) >= 11 is 5.07. The van der Waals surface area contributed by atoms with Gasteiger partial charge in [0.05, 0.1) is 0 Å². The van der Waals surface area contributed by atoms with Crippen molar-refractivity contribution in [3.63, 3.8) is 0 Å². The van der Waals surface area contributed by atoms with Gasteiger partial charge in [0.1, 0.15) is 0 Å².